The molecule has 182 valence electrons. The largest absolute Gasteiger partial charge is 0.497 e. The number of methoxy groups -OCH3 is 2. The summed E-state index contributed by atoms with van der Waals surface area (Å²) in [4.78, 5) is 33.9. The van der Waals surface area contributed by atoms with Crippen LogP contribution in [0.25, 0.3) is 10.9 Å². The third kappa shape index (κ3) is 3.55. The Hall–Kier alpha value is -4.10. The van der Waals surface area contributed by atoms with Gasteiger partial charge in [0.05, 0.1) is 32.4 Å². The molecule has 7 nitrogen and oxygen atoms in total. The van der Waals surface area contributed by atoms with Gasteiger partial charge in [-0.15, -0.1) is 0 Å². The Bertz CT molecular complexity index is 1460. The first kappa shape index (κ1) is 22.4. The zero-order chi connectivity index (χ0) is 24.8. The molecule has 7 heteroatoms. The van der Waals surface area contributed by atoms with Crippen molar-refractivity contribution in [1.29, 1.82) is 0 Å². The molecule has 0 radical (unpaired) electrons. The maximum absolute atomic E-state index is 13.7. The quantitative estimate of drug-likeness (QED) is 0.426. The van der Waals surface area contributed by atoms with E-state index in [4.69, 9.17) is 9.47 Å². The van der Waals surface area contributed by atoms with Crippen LogP contribution >= 0.6 is 0 Å². The van der Waals surface area contributed by atoms with Gasteiger partial charge in [-0.25, -0.2) is 4.90 Å². The molecule has 1 aromatic heterocycles. The highest BCUT2D eigenvalue weighted by Gasteiger charge is 2.46. The first-order chi connectivity index (χ1) is 17.6. The lowest BCUT2D eigenvalue weighted by molar-refractivity contribution is -0.123. The van der Waals surface area contributed by atoms with E-state index in [1.54, 1.807) is 25.3 Å². The Balaban J connectivity index is 1.37. The van der Waals surface area contributed by atoms with E-state index in [-0.39, 0.29) is 24.2 Å². The van der Waals surface area contributed by atoms with Crippen LogP contribution < -0.4 is 14.4 Å². The second-order valence-electron chi connectivity index (χ2n) is 9.28. The molecule has 6 rings (SSSR count). The van der Waals surface area contributed by atoms with Crippen LogP contribution in [0.3, 0.4) is 0 Å². The molecule has 2 amide bonds. The van der Waals surface area contributed by atoms with E-state index in [0.29, 0.717) is 30.3 Å². The van der Waals surface area contributed by atoms with Crippen LogP contribution in [0.5, 0.6) is 11.5 Å². The van der Waals surface area contributed by atoms with Crippen LogP contribution in [0, 0.1) is 0 Å². The zero-order valence-corrected chi connectivity index (χ0v) is 20.2. The summed E-state index contributed by atoms with van der Waals surface area (Å²) in [6.45, 7) is 1.22. The van der Waals surface area contributed by atoms with E-state index in [1.807, 2.05) is 24.3 Å². The van der Waals surface area contributed by atoms with Crippen molar-refractivity contribution < 1.29 is 19.1 Å². The molecule has 0 saturated carbocycles. The number of ether oxygens (including phenoxy) is 2. The zero-order valence-electron chi connectivity index (χ0n) is 20.2. The number of aromatic nitrogens is 1. The van der Waals surface area contributed by atoms with Crippen molar-refractivity contribution in [3.8, 4) is 11.5 Å². The summed E-state index contributed by atoms with van der Waals surface area (Å²) < 4.78 is 10.8. The molecule has 3 aromatic carbocycles. The van der Waals surface area contributed by atoms with Gasteiger partial charge in [0.2, 0.25) is 5.91 Å². The molecule has 0 unspecified atom stereocenters. The second-order valence-corrected chi connectivity index (χ2v) is 9.28. The number of para-hydroxylation sites is 1. The van der Waals surface area contributed by atoms with E-state index in [1.165, 1.54) is 28.5 Å². The average Bonchev–Trinajstić information content (AvgIpc) is 3.44. The monoisotopic (exact) mass is 481 g/mol. The fraction of sp³-hybridized carbons (Fsp3) is 0.241. The number of H-pyrrole nitrogens is 1. The minimum Gasteiger partial charge on any atom is -0.497 e. The molecule has 0 bridgehead atoms. The summed E-state index contributed by atoms with van der Waals surface area (Å²) in [6.07, 6.45) is 0.130. The molecule has 1 saturated heterocycles. The highest BCUT2D eigenvalue weighted by molar-refractivity contribution is 6.23. The van der Waals surface area contributed by atoms with Gasteiger partial charge in [0, 0.05) is 41.7 Å². The molecule has 2 aliphatic rings. The third-order valence-corrected chi connectivity index (χ3v) is 7.35. The average molecular weight is 482 g/mol. The van der Waals surface area contributed by atoms with Crippen LogP contribution in [0.4, 0.5) is 5.69 Å². The highest BCUT2D eigenvalue weighted by Crippen LogP contribution is 2.41. The van der Waals surface area contributed by atoms with Crippen LogP contribution in [-0.2, 0) is 16.1 Å². The van der Waals surface area contributed by atoms with Gasteiger partial charge in [0.1, 0.15) is 11.5 Å². The van der Waals surface area contributed by atoms with E-state index in [9.17, 15) is 9.59 Å². The number of rotatable bonds is 5. The lowest BCUT2D eigenvalue weighted by Gasteiger charge is -2.36. The molecule has 1 N–H and O–H groups in total. The number of nitrogens with one attached hydrogen (secondary N) is 1. The summed E-state index contributed by atoms with van der Waals surface area (Å²) in [7, 11) is 3.09. The summed E-state index contributed by atoms with van der Waals surface area (Å²) in [5.74, 6) is 0.648. The predicted octanol–water partition coefficient (Wildman–Crippen LogP) is 4.46. The van der Waals surface area contributed by atoms with Gasteiger partial charge in [-0.1, -0.05) is 48.5 Å². The SMILES string of the molecule is COc1ccc(N2C(=O)C[C@@H](N3Cc4[nH]c5ccccc5c4[C@@H](c4ccccc4)C3)C2=O)c(OC)c1. The van der Waals surface area contributed by atoms with E-state index in [2.05, 4.69) is 40.2 Å². The molecule has 2 atom stereocenters. The third-order valence-electron chi connectivity index (χ3n) is 7.35. The molecule has 36 heavy (non-hydrogen) atoms. The van der Waals surface area contributed by atoms with E-state index < -0.39 is 6.04 Å². The number of hydrogen-bond donors (Lipinski definition) is 1. The fourth-order valence-corrected chi connectivity index (χ4v) is 5.65. The molecule has 3 heterocycles. The van der Waals surface area contributed by atoms with Gasteiger partial charge in [-0.05, 0) is 29.3 Å². The van der Waals surface area contributed by atoms with Crippen molar-refractivity contribution in [2.75, 3.05) is 25.7 Å². The Morgan fingerprint density at radius 3 is 2.47 bits per heavy atom. The molecular formula is C29H27N3O4. The molecule has 4 aromatic rings. The smallest absolute Gasteiger partial charge is 0.251 e. The van der Waals surface area contributed by atoms with Crippen molar-refractivity contribution in [3.05, 3.63) is 89.6 Å². The van der Waals surface area contributed by atoms with E-state index in [0.717, 1.165) is 11.2 Å². The van der Waals surface area contributed by atoms with E-state index >= 15 is 0 Å². The minimum atomic E-state index is -0.546. The lowest BCUT2D eigenvalue weighted by atomic mass is 9.85. The van der Waals surface area contributed by atoms with Gasteiger partial charge in [0.15, 0.2) is 0 Å². The summed E-state index contributed by atoms with van der Waals surface area (Å²) >= 11 is 0. The number of imide groups is 1. The molecule has 0 aliphatic carbocycles. The number of amides is 2. The minimum absolute atomic E-state index is 0.0820. The number of nitrogens with zero attached hydrogens (tertiary/aromatic N) is 2. The van der Waals surface area contributed by atoms with Gasteiger partial charge >= 0.3 is 0 Å². The molecule has 1 fully saturated rings. The molecule has 2 aliphatic heterocycles. The summed E-state index contributed by atoms with van der Waals surface area (Å²) in [6, 6.07) is 23.3. The van der Waals surface area contributed by atoms with Crippen molar-refractivity contribution in [1.82, 2.24) is 9.88 Å². The Labute approximate surface area is 209 Å². The predicted molar refractivity (Wildman–Crippen MR) is 137 cm³/mol. The summed E-state index contributed by atoms with van der Waals surface area (Å²) in [5.41, 5.74) is 5.09. The van der Waals surface area contributed by atoms with Crippen molar-refractivity contribution in [2.24, 2.45) is 0 Å². The van der Waals surface area contributed by atoms with Crippen molar-refractivity contribution in [2.45, 2.75) is 24.9 Å². The van der Waals surface area contributed by atoms with Gasteiger partial charge < -0.3 is 14.5 Å². The second kappa shape index (κ2) is 8.84. The first-order valence-corrected chi connectivity index (χ1v) is 12.1. The Kier molecular flexibility index (Phi) is 5.49. The number of anilines is 1. The number of benzene rings is 3. The van der Waals surface area contributed by atoms with Crippen LogP contribution in [0.15, 0.2) is 72.8 Å². The summed E-state index contributed by atoms with van der Waals surface area (Å²) in [5, 5.41) is 1.21. The Morgan fingerprint density at radius 1 is 0.917 bits per heavy atom. The highest BCUT2D eigenvalue weighted by atomic mass is 16.5. The number of carbonyl (C=O) groups is 2. The topological polar surface area (TPSA) is 74.9 Å². The van der Waals surface area contributed by atoms with Crippen LogP contribution in [0.2, 0.25) is 0 Å². The standard InChI is InChI=1S/C29H27N3O4/c1-35-19-12-13-24(26(14-19)36-2)32-27(33)15-25(29(32)34)31-16-21(18-8-4-3-5-9-18)28-20-10-6-7-11-22(20)30-23(28)17-31/h3-14,21,25,30H,15-17H2,1-2H3/t21-,25-/m1/s1. The van der Waals surface area contributed by atoms with Gasteiger partial charge in [-0.2, -0.15) is 0 Å². The maximum atomic E-state index is 13.7. The fourth-order valence-electron chi connectivity index (χ4n) is 5.65. The van der Waals surface area contributed by atoms with Crippen LogP contribution in [0.1, 0.15) is 29.2 Å². The van der Waals surface area contributed by atoms with Gasteiger partial charge in [-0.3, -0.25) is 14.5 Å². The molecule has 0 spiro atoms. The first-order valence-electron chi connectivity index (χ1n) is 12.1. The number of aromatic amines is 1. The molecular weight excluding hydrogens is 454 g/mol. The number of carbonyl (C=O) groups excluding carboxylic acids is 2. The lowest BCUT2D eigenvalue weighted by Crippen LogP contribution is -2.45. The van der Waals surface area contributed by atoms with Crippen molar-refractivity contribution >= 4 is 28.4 Å². The van der Waals surface area contributed by atoms with Crippen LogP contribution in [-0.4, -0.2) is 48.5 Å². The van der Waals surface area contributed by atoms with Gasteiger partial charge in [0.25, 0.3) is 5.91 Å². The van der Waals surface area contributed by atoms with Crippen molar-refractivity contribution in [3.63, 3.8) is 0 Å². The number of hydrogen-bond acceptors (Lipinski definition) is 5. The number of fused-ring (bicyclic) bond motifs is 3. The normalized spacial score (nSPS) is 20.1. The Morgan fingerprint density at radius 2 is 1.69 bits per heavy atom. The maximum Gasteiger partial charge on any atom is 0.251 e.